The lowest BCUT2D eigenvalue weighted by Crippen LogP contribution is -2.44. The third-order valence-electron chi connectivity index (χ3n) is 6.55. The van der Waals surface area contributed by atoms with Gasteiger partial charge in [0.1, 0.15) is 11.5 Å². The average Bonchev–Trinajstić information content (AvgIpc) is 3.30. The molecule has 0 saturated carbocycles. The molecule has 2 N–H and O–H groups in total. The second-order valence-electron chi connectivity index (χ2n) is 9.73. The van der Waals surface area contributed by atoms with Crippen LogP contribution < -0.4 is 20.3 Å². The van der Waals surface area contributed by atoms with E-state index >= 15 is 0 Å². The van der Waals surface area contributed by atoms with Gasteiger partial charge in [-0.1, -0.05) is 44.2 Å². The van der Waals surface area contributed by atoms with Crippen LogP contribution in [0, 0.1) is 5.41 Å². The Bertz CT molecular complexity index is 1290. The summed E-state index contributed by atoms with van der Waals surface area (Å²) in [6.45, 7) is 4.42. The largest absolute Gasteiger partial charge is 0.496 e. The van der Waals surface area contributed by atoms with E-state index in [4.69, 9.17) is 9.15 Å². The molecule has 2 amide bonds. The number of furan rings is 1. The van der Waals surface area contributed by atoms with Crippen molar-refractivity contribution in [1.82, 2.24) is 5.32 Å². The van der Waals surface area contributed by atoms with E-state index in [1.165, 1.54) is 0 Å². The maximum Gasteiger partial charge on any atom is 0.323 e. The van der Waals surface area contributed by atoms with Crippen molar-refractivity contribution < 1.29 is 18.7 Å². The Morgan fingerprint density at radius 3 is 2.66 bits per heavy atom. The number of hydrogen-bond donors (Lipinski definition) is 2. The van der Waals surface area contributed by atoms with E-state index in [9.17, 15) is 9.59 Å². The van der Waals surface area contributed by atoms with Crippen LogP contribution in [0.2, 0.25) is 0 Å². The molecular weight excluding hydrogens is 442 g/mol. The van der Waals surface area contributed by atoms with Crippen LogP contribution >= 0.6 is 0 Å². The van der Waals surface area contributed by atoms with Crippen molar-refractivity contribution in [3.8, 4) is 5.75 Å². The molecule has 35 heavy (non-hydrogen) atoms. The van der Waals surface area contributed by atoms with E-state index in [-0.39, 0.29) is 23.8 Å². The zero-order valence-electron chi connectivity index (χ0n) is 20.1. The minimum absolute atomic E-state index is 0.0243. The average molecular weight is 472 g/mol. The number of methoxy groups -OCH3 is 1. The lowest BCUT2D eigenvalue weighted by molar-refractivity contribution is -0.118. The van der Waals surface area contributed by atoms with Gasteiger partial charge in [-0.2, -0.15) is 0 Å². The highest BCUT2D eigenvalue weighted by atomic mass is 16.5. The Labute approximate surface area is 204 Å². The van der Waals surface area contributed by atoms with Crippen LogP contribution in [0.1, 0.15) is 44.1 Å². The van der Waals surface area contributed by atoms with E-state index in [0.717, 1.165) is 16.9 Å². The first-order valence-electron chi connectivity index (χ1n) is 11.7. The Kier molecular flexibility index (Phi) is 5.84. The van der Waals surface area contributed by atoms with Crippen molar-refractivity contribution in [3.63, 3.8) is 0 Å². The smallest absolute Gasteiger partial charge is 0.323 e. The van der Waals surface area contributed by atoms with Crippen LogP contribution in [0.3, 0.4) is 0 Å². The summed E-state index contributed by atoms with van der Waals surface area (Å²) in [5, 5.41) is 6.50. The fraction of sp³-hybridized carbons (Fsp3) is 0.286. The predicted molar refractivity (Wildman–Crippen MR) is 134 cm³/mol. The maximum absolute atomic E-state index is 13.9. The molecule has 2 aromatic carbocycles. The first-order chi connectivity index (χ1) is 16.9. The van der Waals surface area contributed by atoms with Crippen LogP contribution in [0.4, 0.5) is 16.2 Å². The van der Waals surface area contributed by atoms with Gasteiger partial charge in [-0.25, -0.2) is 4.79 Å². The maximum atomic E-state index is 13.9. The molecule has 1 atom stereocenters. The first-order valence-corrected chi connectivity index (χ1v) is 11.7. The highest BCUT2D eigenvalue weighted by molar-refractivity contribution is 6.06. The molecule has 180 valence electrons. The number of hydrogen-bond acceptors (Lipinski definition) is 5. The lowest BCUT2D eigenvalue weighted by Gasteiger charge is -2.37. The zero-order valence-corrected chi connectivity index (χ0v) is 20.1. The van der Waals surface area contributed by atoms with Crippen molar-refractivity contribution >= 4 is 23.2 Å². The van der Waals surface area contributed by atoms with Gasteiger partial charge >= 0.3 is 6.03 Å². The summed E-state index contributed by atoms with van der Waals surface area (Å²) < 4.78 is 11.1. The zero-order chi connectivity index (χ0) is 24.6. The van der Waals surface area contributed by atoms with Crippen molar-refractivity contribution in [2.24, 2.45) is 5.41 Å². The van der Waals surface area contributed by atoms with E-state index in [1.807, 2.05) is 54.6 Å². The van der Waals surface area contributed by atoms with Crippen LogP contribution in [0.5, 0.6) is 5.75 Å². The van der Waals surface area contributed by atoms with E-state index < -0.39 is 6.04 Å². The number of para-hydroxylation sites is 3. The van der Waals surface area contributed by atoms with Gasteiger partial charge in [0.25, 0.3) is 0 Å². The van der Waals surface area contributed by atoms with Gasteiger partial charge < -0.3 is 19.8 Å². The number of benzene rings is 2. The molecular formula is C28H29N3O4. The lowest BCUT2D eigenvalue weighted by atomic mass is 9.73. The number of fused-ring (bicyclic) bond motifs is 1. The van der Waals surface area contributed by atoms with E-state index in [2.05, 4.69) is 24.5 Å². The Hall–Kier alpha value is -4.00. The number of nitrogens with one attached hydrogen (secondary N) is 2. The standard InChI is InChI=1S/C28H29N3O4/c1-28(2)15-21-25(23(32)16-28)26(19-10-4-7-13-24(19)34-3)31(22-12-6-5-11-20(22)30-21)27(33)29-17-18-9-8-14-35-18/h4-14,26,30H,15-17H2,1-3H3,(H,29,33)/t26-/m1/s1. The van der Waals surface area contributed by atoms with Crippen LogP contribution in [-0.4, -0.2) is 18.9 Å². The third kappa shape index (κ3) is 4.30. The molecule has 2 aliphatic rings. The number of rotatable bonds is 4. The minimum atomic E-state index is -0.669. The molecule has 5 rings (SSSR count). The molecule has 0 saturated heterocycles. The number of anilines is 2. The SMILES string of the molecule is COc1ccccc1[C@@H]1C2=C(CC(C)(C)CC2=O)Nc2ccccc2N1C(=O)NCc1ccco1. The Morgan fingerprint density at radius 2 is 1.89 bits per heavy atom. The summed E-state index contributed by atoms with van der Waals surface area (Å²) in [6.07, 6.45) is 2.66. The molecule has 2 heterocycles. The number of ether oxygens (including phenoxy) is 1. The van der Waals surface area contributed by atoms with Crippen molar-refractivity contribution in [3.05, 3.63) is 89.5 Å². The molecule has 0 unspecified atom stereocenters. The highest BCUT2D eigenvalue weighted by Crippen LogP contribution is 2.49. The molecule has 3 aromatic rings. The first kappa shape index (κ1) is 22.8. The Morgan fingerprint density at radius 1 is 1.11 bits per heavy atom. The number of amides is 2. The molecule has 0 radical (unpaired) electrons. The van der Waals surface area contributed by atoms with Crippen molar-refractivity contribution in [1.29, 1.82) is 0 Å². The predicted octanol–water partition coefficient (Wildman–Crippen LogP) is 5.81. The van der Waals surface area contributed by atoms with Gasteiger partial charge in [-0.05, 0) is 42.2 Å². The third-order valence-corrected chi connectivity index (χ3v) is 6.55. The number of ketones is 1. The summed E-state index contributed by atoms with van der Waals surface area (Å²) in [4.78, 5) is 29.3. The van der Waals surface area contributed by atoms with Crippen LogP contribution in [0.15, 0.2) is 82.6 Å². The number of allylic oxidation sites excluding steroid dienone is 1. The number of carbonyl (C=O) groups excluding carboxylic acids is 2. The Balaban J connectivity index is 1.70. The van der Waals surface area contributed by atoms with Gasteiger partial charge in [-0.15, -0.1) is 0 Å². The summed E-state index contributed by atoms with van der Waals surface area (Å²) >= 11 is 0. The summed E-state index contributed by atoms with van der Waals surface area (Å²) in [5.74, 6) is 1.28. The molecule has 0 spiro atoms. The van der Waals surface area contributed by atoms with Crippen molar-refractivity contribution in [2.75, 3.05) is 17.3 Å². The van der Waals surface area contributed by atoms with Crippen LogP contribution in [0.25, 0.3) is 0 Å². The molecule has 0 fully saturated rings. The number of Topliss-reactive ketones (excluding diaryl/α,β-unsaturated/α-hetero) is 1. The van der Waals surface area contributed by atoms with Gasteiger partial charge in [0.05, 0.1) is 37.3 Å². The van der Waals surface area contributed by atoms with Crippen LogP contribution in [-0.2, 0) is 11.3 Å². The second kappa shape index (κ2) is 8.98. The topological polar surface area (TPSA) is 83.8 Å². The monoisotopic (exact) mass is 471 g/mol. The summed E-state index contributed by atoms with van der Waals surface area (Å²) in [5.41, 5.74) is 3.45. The molecule has 1 aromatic heterocycles. The van der Waals surface area contributed by atoms with Gasteiger partial charge in [-0.3, -0.25) is 9.69 Å². The number of nitrogens with zero attached hydrogens (tertiary/aromatic N) is 1. The van der Waals surface area contributed by atoms with Gasteiger partial charge in [0.15, 0.2) is 5.78 Å². The number of carbonyl (C=O) groups is 2. The van der Waals surface area contributed by atoms with E-state index in [1.54, 1.807) is 24.3 Å². The fourth-order valence-corrected chi connectivity index (χ4v) is 5.06. The second-order valence-corrected chi connectivity index (χ2v) is 9.73. The molecule has 7 heteroatoms. The fourth-order valence-electron chi connectivity index (χ4n) is 5.06. The summed E-state index contributed by atoms with van der Waals surface area (Å²) in [6, 6.07) is 17.8. The summed E-state index contributed by atoms with van der Waals surface area (Å²) in [7, 11) is 1.60. The van der Waals surface area contributed by atoms with Crippen molar-refractivity contribution in [2.45, 2.75) is 39.3 Å². The van der Waals surface area contributed by atoms with Gasteiger partial charge in [0, 0.05) is 23.3 Å². The van der Waals surface area contributed by atoms with E-state index in [0.29, 0.717) is 35.6 Å². The number of urea groups is 1. The molecule has 7 nitrogen and oxygen atoms in total. The molecule has 0 bridgehead atoms. The normalized spacial score (nSPS) is 18.8. The van der Waals surface area contributed by atoms with Gasteiger partial charge in [0.2, 0.25) is 0 Å². The molecule has 1 aliphatic heterocycles. The highest BCUT2D eigenvalue weighted by Gasteiger charge is 2.44. The molecule has 1 aliphatic carbocycles. The quantitative estimate of drug-likeness (QED) is 0.501. The minimum Gasteiger partial charge on any atom is -0.496 e.